The van der Waals surface area contributed by atoms with Gasteiger partial charge in [-0.1, -0.05) is 15.9 Å². The summed E-state index contributed by atoms with van der Waals surface area (Å²) < 4.78 is 29.6. The van der Waals surface area contributed by atoms with Gasteiger partial charge >= 0.3 is 0 Å². The fourth-order valence-corrected chi connectivity index (χ4v) is 6.49. The summed E-state index contributed by atoms with van der Waals surface area (Å²) >= 11 is 11.2. The molecule has 4 nitrogen and oxygen atoms in total. The van der Waals surface area contributed by atoms with Crippen LogP contribution in [0.25, 0.3) is 0 Å². The van der Waals surface area contributed by atoms with Gasteiger partial charge in [0.1, 0.15) is 4.21 Å². The molecule has 0 fully saturated rings. The van der Waals surface area contributed by atoms with Crippen molar-refractivity contribution in [2.75, 3.05) is 4.72 Å². The third-order valence-corrected chi connectivity index (χ3v) is 7.00. The van der Waals surface area contributed by atoms with Crippen molar-refractivity contribution >= 4 is 74.8 Å². The normalized spacial score (nSPS) is 11.6. The summed E-state index contributed by atoms with van der Waals surface area (Å²) in [6, 6.07) is 6.80. The number of halogens is 3. The Morgan fingerprint density at radius 3 is 2.25 bits per heavy atom. The molecule has 1 aromatic heterocycles. The van der Waals surface area contributed by atoms with E-state index in [0.29, 0.717) is 21.2 Å². The number of rotatable bonds is 4. The Labute approximate surface area is 146 Å². The Morgan fingerprint density at radius 2 is 1.75 bits per heavy atom. The van der Waals surface area contributed by atoms with Gasteiger partial charge in [0.2, 0.25) is 0 Å². The van der Waals surface area contributed by atoms with Crippen LogP contribution in [0.5, 0.6) is 0 Å². The van der Waals surface area contributed by atoms with Crippen LogP contribution in [0.1, 0.15) is 4.88 Å². The molecule has 0 saturated heterocycles. The van der Waals surface area contributed by atoms with E-state index in [-0.39, 0.29) is 4.21 Å². The summed E-state index contributed by atoms with van der Waals surface area (Å²) in [5, 5.41) is 0. The van der Waals surface area contributed by atoms with Crippen molar-refractivity contribution in [2.45, 2.75) is 10.8 Å². The number of hydrogen-bond acceptors (Lipinski definition) is 4. The first kappa shape index (κ1) is 16.4. The van der Waals surface area contributed by atoms with Gasteiger partial charge in [-0.25, -0.2) is 8.42 Å². The number of nitrogens with two attached hydrogens (primary N) is 1. The zero-order valence-electron chi connectivity index (χ0n) is 9.86. The molecule has 2 aromatic rings. The van der Waals surface area contributed by atoms with Crippen molar-refractivity contribution in [3.05, 3.63) is 42.6 Å². The summed E-state index contributed by atoms with van der Waals surface area (Å²) in [7, 11) is -3.62. The minimum Gasteiger partial charge on any atom is -0.326 e. The molecule has 108 valence electrons. The van der Waals surface area contributed by atoms with Crippen LogP contribution in [0.3, 0.4) is 0 Å². The fraction of sp³-hybridized carbons (Fsp3) is 0.0909. The molecule has 1 heterocycles. The first-order valence-corrected chi connectivity index (χ1v) is 9.97. The van der Waals surface area contributed by atoms with E-state index >= 15 is 0 Å². The second kappa shape index (κ2) is 6.45. The Hall–Kier alpha value is 0.0700. The lowest BCUT2D eigenvalue weighted by Gasteiger charge is -2.11. The first-order valence-electron chi connectivity index (χ1n) is 5.29. The largest absolute Gasteiger partial charge is 0.326 e. The van der Waals surface area contributed by atoms with E-state index in [1.807, 2.05) is 0 Å². The van der Waals surface area contributed by atoms with E-state index in [9.17, 15) is 8.42 Å². The Kier molecular flexibility index (Phi) is 5.30. The van der Waals surface area contributed by atoms with Gasteiger partial charge in [-0.2, -0.15) is 0 Å². The second-order valence-corrected chi connectivity index (χ2v) is 9.48. The molecule has 3 N–H and O–H groups in total. The topological polar surface area (TPSA) is 72.2 Å². The highest BCUT2D eigenvalue weighted by molar-refractivity contribution is 9.11. The lowest BCUT2D eigenvalue weighted by atomic mass is 10.3. The molecule has 0 aliphatic heterocycles. The molecule has 0 bridgehead atoms. The molecule has 9 heteroatoms. The van der Waals surface area contributed by atoms with Crippen molar-refractivity contribution in [2.24, 2.45) is 5.73 Å². The fourth-order valence-electron chi connectivity index (χ4n) is 1.44. The van der Waals surface area contributed by atoms with Crippen molar-refractivity contribution in [3.63, 3.8) is 0 Å². The van der Waals surface area contributed by atoms with E-state index in [1.54, 1.807) is 24.3 Å². The minimum atomic E-state index is -3.62. The van der Waals surface area contributed by atoms with Crippen LogP contribution in [0, 0.1) is 0 Å². The van der Waals surface area contributed by atoms with E-state index in [4.69, 9.17) is 5.73 Å². The summed E-state index contributed by atoms with van der Waals surface area (Å²) in [5.74, 6) is 0. The van der Waals surface area contributed by atoms with Crippen molar-refractivity contribution in [3.8, 4) is 0 Å². The lowest BCUT2D eigenvalue weighted by molar-refractivity contribution is 0.603. The maximum Gasteiger partial charge on any atom is 0.271 e. The lowest BCUT2D eigenvalue weighted by Crippen LogP contribution is -2.12. The average Bonchev–Trinajstić information content (AvgIpc) is 2.83. The zero-order chi connectivity index (χ0) is 14.9. The van der Waals surface area contributed by atoms with Crippen LogP contribution >= 0.6 is 59.1 Å². The van der Waals surface area contributed by atoms with Gasteiger partial charge < -0.3 is 5.73 Å². The maximum atomic E-state index is 12.3. The molecule has 0 radical (unpaired) electrons. The molecule has 0 atom stereocenters. The van der Waals surface area contributed by atoms with Gasteiger partial charge in [0, 0.05) is 24.8 Å². The molecular weight excluding hydrogens is 496 g/mol. The Balaban J connectivity index is 2.38. The highest BCUT2D eigenvalue weighted by Gasteiger charge is 2.19. The van der Waals surface area contributed by atoms with Gasteiger partial charge in [0.25, 0.3) is 10.0 Å². The number of thiophene rings is 1. The van der Waals surface area contributed by atoms with Crippen LogP contribution < -0.4 is 10.5 Å². The third kappa shape index (κ3) is 3.63. The zero-order valence-corrected chi connectivity index (χ0v) is 16.3. The predicted octanol–water partition coefficient (Wildman–Crippen LogP) is 4.30. The minimum absolute atomic E-state index is 0.236. The number of hydrogen-bond donors (Lipinski definition) is 2. The van der Waals surface area contributed by atoms with Crippen LogP contribution in [0.4, 0.5) is 5.69 Å². The summed E-state index contributed by atoms with van der Waals surface area (Å²) in [6.07, 6.45) is 0. The molecule has 1 aromatic carbocycles. The second-order valence-electron chi connectivity index (χ2n) is 3.77. The van der Waals surface area contributed by atoms with Gasteiger partial charge in [-0.05, 0) is 56.1 Å². The molecule has 2 rings (SSSR count). The standard InChI is InChI=1S/C11H9Br3N2O2S2/c12-6-3-8(13)11(9(14)4-6)16-20(17,18)10-2-1-7(5-15)19-10/h1-4,16H,5,15H2. The van der Waals surface area contributed by atoms with Gasteiger partial charge in [-0.3, -0.25) is 4.72 Å². The van der Waals surface area contributed by atoms with E-state index in [0.717, 1.165) is 20.7 Å². The number of anilines is 1. The van der Waals surface area contributed by atoms with E-state index < -0.39 is 10.0 Å². The summed E-state index contributed by atoms with van der Waals surface area (Å²) in [5.41, 5.74) is 5.95. The quantitative estimate of drug-likeness (QED) is 0.652. The average molecular weight is 505 g/mol. The molecule has 20 heavy (non-hydrogen) atoms. The number of sulfonamides is 1. The van der Waals surface area contributed by atoms with Gasteiger partial charge in [-0.15, -0.1) is 11.3 Å². The maximum absolute atomic E-state index is 12.3. The molecule has 0 aliphatic rings. The number of benzene rings is 1. The van der Waals surface area contributed by atoms with Crippen molar-refractivity contribution in [1.82, 2.24) is 0 Å². The first-order chi connectivity index (χ1) is 9.33. The van der Waals surface area contributed by atoms with Crippen LogP contribution in [0.15, 0.2) is 41.9 Å². The number of nitrogens with one attached hydrogen (secondary N) is 1. The molecule has 0 spiro atoms. The highest BCUT2D eigenvalue weighted by Crippen LogP contribution is 2.36. The van der Waals surface area contributed by atoms with Gasteiger partial charge in [0.15, 0.2) is 0 Å². The van der Waals surface area contributed by atoms with Crippen molar-refractivity contribution < 1.29 is 8.42 Å². The van der Waals surface area contributed by atoms with Gasteiger partial charge in [0.05, 0.1) is 5.69 Å². The SMILES string of the molecule is NCc1ccc(S(=O)(=O)Nc2c(Br)cc(Br)cc2Br)s1. The Bertz CT molecular complexity index is 721. The van der Waals surface area contributed by atoms with E-state index in [1.165, 1.54) is 0 Å². The molecule has 0 unspecified atom stereocenters. The molecule has 0 saturated carbocycles. The van der Waals surface area contributed by atoms with Crippen molar-refractivity contribution in [1.29, 1.82) is 0 Å². The molecule has 0 amide bonds. The summed E-state index contributed by atoms with van der Waals surface area (Å²) in [4.78, 5) is 0.819. The van der Waals surface area contributed by atoms with Crippen LogP contribution in [-0.2, 0) is 16.6 Å². The third-order valence-electron chi connectivity index (χ3n) is 2.35. The predicted molar refractivity (Wildman–Crippen MR) is 92.6 cm³/mol. The van der Waals surface area contributed by atoms with Crippen LogP contribution in [-0.4, -0.2) is 8.42 Å². The molecular formula is C11H9Br3N2O2S2. The smallest absolute Gasteiger partial charge is 0.271 e. The monoisotopic (exact) mass is 502 g/mol. The summed E-state index contributed by atoms with van der Waals surface area (Å²) in [6.45, 7) is 0.325. The van der Waals surface area contributed by atoms with E-state index in [2.05, 4.69) is 52.5 Å². The highest BCUT2D eigenvalue weighted by atomic mass is 79.9. The Morgan fingerprint density at radius 1 is 1.15 bits per heavy atom. The molecule has 0 aliphatic carbocycles. The van der Waals surface area contributed by atoms with Crippen LogP contribution in [0.2, 0.25) is 0 Å².